The van der Waals surface area contributed by atoms with Crippen LogP contribution in [0.4, 0.5) is 19.0 Å². The van der Waals surface area contributed by atoms with E-state index in [1.165, 1.54) is 18.2 Å². The average molecular weight is 380 g/mol. The van der Waals surface area contributed by atoms with Crippen LogP contribution in [0.25, 0.3) is 17.0 Å². The zero-order valence-corrected chi connectivity index (χ0v) is 16.2. The van der Waals surface area contributed by atoms with E-state index in [0.717, 1.165) is 12.1 Å². The molecule has 26 heavy (non-hydrogen) atoms. The first-order valence-corrected chi connectivity index (χ1v) is 12.3. The third-order valence-electron chi connectivity index (χ3n) is 4.27. The Kier molecular flexibility index (Phi) is 5.29. The summed E-state index contributed by atoms with van der Waals surface area (Å²) < 4.78 is 49.2. The first-order chi connectivity index (χ1) is 12.2. The molecule has 3 nitrogen and oxygen atoms in total. The second-order valence-corrected chi connectivity index (χ2v) is 13.3. The maximum Gasteiger partial charge on any atom is 0.132 e. The number of fused-ring (bicyclic) bond motifs is 1. The fourth-order valence-corrected chi connectivity index (χ4v) is 3.66. The largest absolute Gasteiger partial charge is 0.367 e. The van der Waals surface area contributed by atoms with Gasteiger partial charge in [-0.2, -0.15) is 0 Å². The molecular formula is C19H23F3N2OSi. The van der Waals surface area contributed by atoms with Crippen LogP contribution in [0.15, 0.2) is 30.5 Å². The number of nitrogens with zero attached hydrogens (tertiary/aromatic N) is 1. The Morgan fingerprint density at radius 1 is 1.12 bits per heavy atom. The lowest BCUT2D eigenvalue weighted by Gasteiger charge is -2.18. The Bertz CT molecular complexity index is 820. The van der Waals surface area contributed by atoms with Gasteiger partial charge in [0.05, 0.1) is 5.56 Å². The molecule has 140 valence electrons. The van der Waals surface area contributed by atoms with Gasteiger partial charge in [0.1, 0.15) is 30.0 Å². The Morgan fingerprint density at radius 3 is 2.46 bits per heavy atom. The summed E-state index contributed by atoms with van der Waals surface area (Å²) in [6.45, 7) is 8.05. The van der Waals surface area contributed by atoms with Crippen molar-refractivity contribution in [1.82, 2.24) is 4.57 Å². The van der Waals surface area contributed by atoms with Crippen molar-refractivity contribution in [3.8, 4) is 11.1 Å². The molecule has 1 N–H and O–H groups in total. The van der Waals surface area contributed by atoms with Gasteiger partial charge in [0.15, 0.2) is 0 Å². The molecule has 0 fully saturated rings. The Hall–Kier alpha value is -1.99. The summed E-state index contributed by atoms with van der Waals surface area (Å²) in [5, 5.41) is 3.13. The van der Waals surface area contributed by atoms with Crippen molar-refractivity contribution in [2.75, 3.05) is 18.5 Å². The summed E-state index contributed by atoms with van der Waals surface area (Å²) in [6.07, 6.45) is 3.09. The van der Waals surface area contributed by atoms with Crippen molar-refractivity contribution >= 4 is 19.7 Å². The topological polar surface area (TPSA) is 26.2 Å². The summed E-state index contributed by atoms with van der Waals surface area (Å²) in [5.74, 6) is -1.22. The number of ether oxygens (including phenoxy) is 1. The van der Waals surface area contributed by atoms with Crippen LogP contribution >= 0.6 is 0 Å². The molecule has 2 heterocycles. The second-order valence-electron chi connectivity index (χ2n) is 7.68. The third-order valence-corrected chi connectivity index (χ3v) is 5.97. The van der Waals surface area contributed by atoms with Gasteiger partial charge in [0, 0.05) is 39.1 Å². The van der Waals surface area contributed by atoms with E-state index in [1.807, 2.05) is 0 Å². The van der Waals surface area contributed by atoms with Gasteiger partial charge >= 0.3 is 0 Å². The minimum absolute atomic E-state index is 0.255. The van der Waals surface area contributed by atoms with Crippen LogP contribution in [-0.2, 0) is 11.5 Å². The van der Waals surface area contributed by atoms with Crippen LogP contribution in [0.5, 0.6) is 0 Å². The average Bonchev–Trinajstić information content (AvgIpc) is 2.90. The monoisotopic (exact) mass is 380 g/mol. The van der Waals surface area contributed by atoms with Gasteiger partial charge < -0.3 is 14.6 Å². The molecule has 0 unspecified atom stereocenters. The minimum atomic E-state index is -1.20. The molecule has 0 saturated carbocycles. The normalized spacial score (nSPS) is 14.0. The number of hydrogen-bond donors (Lipinski definition) is 1. The van der Waals surface area contributed by atoms with E-state index in [-0.39, 0.29) is 6.73 Å². The number of aromatic nitrogens is 1. The van der Waals surface area contributed by atoms with Crippen LogP contribution in [0.1, 0.15) is 5.56 Å². The summed E-state index contributed by atoms with van der Waals surface area (Å²) in [7, 11) is -1.20. The molecule has 7 heteroatoms. The van der Waals surface area contributed by atoms with Crippen molar-refractivity contribution in [3.63, 3.8) is 0 Å². The number of anilines is 1. The summed E-state index contributed by atoms with van der Waals surface area (Å²) in [5.41, 5.74) is 1.05. The predicted molar refractivity (Wildman–Crippen MR) is 101 cm³/mol. The van der Waals surface area contributed by atoms with Gasteiger partial charge in [-0.15, -0.1) is 0 Å². The van der Waals surface area contributed by atoms with Crippen molar-refractivity contribution in [2.24, 2.45) is 0 Å². The number of benzene rings is 1. The molecule has 0 bridgehead atoms. The standard InChI is InChI=1S/C19H23F3N2OSi/c1-26(2,3)7-6-25-12-24-11-16(13-8-14(20)10-15(21)9-13)18-17(22)4-5-23-19(18)24/h4,8-11,23H,5-7,12H2,1-3H3. The highest BCUT2D eigenvalue weighted by molar-refractivity contribution is 6.76. The summed E-state index contributed by atoms with van der Waals surface area (Å²) in [6, 6.07) is 4.24. The smallest absolute Gasteiger partial charge is 0.132 e. The van der Waals surface area contributed by atoms with Crippen molar-refractivity contribution in [2.45, 2.75) is 32.4 Å². The van der Waals surface area contributed by atoms with E-state index in [0.29, 0.717) is 35.7 Å². The molecule has 0 saturated heterocycles. The third kappa shape index (κ3) is 4.21. The van der Waals surface area contributed by atoms with E-state index in [9.17, 15) is 13.2 Å². The maximum atomic E-state index is 14.5. The Morgan fingerprint density at radius 2 is 1.81 bits per heavy atom. The van der Waals surface area contributed by atoms with Gasteiger partial charge in [-0.1, -0.05) is 19.6 Å². The molecule has 0 radical (unpaired) electrons. The van der Waals surface area contributed by atoms with E-state index >= 15 is 0 Å². The molecular weight excluding hydrogens is 357 g/mol. The lowest BCUT2D eigenvalue weighted by atomic mass is 10.0. The van der Waals surface area contributed by atoms with Crippen molar-refractivity contribution in [1.29, 1.82) is 0 Å². The fourth-order valence-electron chi connectivity index (χ4n) is 2.90. The van der Waals surface area contributed by atoms with E-state index < -0.39 is 25.5 Å². The van der Waals surface area contributed by atoms with Crippen LogP contribution in [-0.4, -0.2) is 25.8 Å². The highest BCUT2D eigenvalue weighted by atomic mass is 28.3. The summed E-state index contributed by atoms with van der Waals surface area (Å²) in [4.78, 5) is 0. The zero-order chi connectivity index (χ0) is 18.9. The number of rotatable bonds is 6. The van der Waals surface area contributed by atoms with Gasteiger partial charge in [-0.3, -0.25) is 0 Å². The SMILES string of the molecule is C[Si](C)(C)CCOCn1cc(-c2cc(F)cc(F)c2)c2c1NCC=C2F. The highest BCUT2D eigenvalue weighted by Crippen LogP contribution is 2.39. The predicted octanol–water partition coefficient (Wildman–Crippen LogP) is 5.48. The Balaban J connectivity index is 1.91. The quantitative estimate of drug-likeness (QED) is 0.530. The zero-order valence-electron chi connectivity index (χ0n) is 15.2. The van der Waals surface area contributed by atoms with Crippen LogP contribution in [0.3, 0.4) is 0 Å². The lowest BCUT2D eigenvalue weighted by molar-refractivity contribution is 0.0887. The fraction of sp³-hybridized carbons (Fsp3) is 0.368. The summed E-state index contributed by atoms with van der Waals surface area (Å²) >= 11 is 0. The Labute approximate surface area is 152 Å². The molecule has 0 atom stereocenters. The first kappa shape index (κ1) is 18.8. The van der Waals surface area contributed by atoms with Crippen molar-refractivity contribution < 1.29 is 17.9 Å². The molecule has 1 aromatic heterocycles. The van der Waals surface area contributed by atoms with Gasteiger partial charge in [-0.25, -0.2) is 13.2 Å². The van der Waals surface area contributed by atoms with Gasteiger partial charge in [0.25, 0.3) is 0 Å². The number of nitrogens with one attached hydrogen (secondary N) is 1. The van der Waals surface area contributed by atoms with E-state index in [1.54, 1.807) is 10.8 Å². The molecule has 3 rings (SSSR count). The maximum absolute atomic E-state index is 14.5. The first-order valence-electron chi connectivity index (χ1n) is 8.62. The van der Waals surface area contributed by atoms with Crippen LogP contribution in [0, 0.1) is 11.6 Å². The van der Waals surface area contributed by atoms with Gasteiger partial charge in [-0.05, 0) is 29.8 Å². The van der Waals surface area contributed by atoms with Crippen molar-refractivity contribution in [3.05, 3.63) is 47.7 Å². The molecule has 1 aliphatic rings. The highest BCUT2D eigenvalue weighted by Gasteiger charge is 2.24. The van der Waals surface area contributed by atoms with E-state index in [2.05, 4.69) is 25.0 Å². The van der Waals surface area contributed by atoms with Gasteiger partial charge in [0.2, 0.25) is 0 Å². The van der Waals surface area contributed by atoms with Crippen LogP contribution < -0.4 is 5.32 Å². The molecule has 1 aliphatic heterocycles. The van der Waals surface area contributed by atoms with Crippen LogP contribution in [0.2, 0.25) is 25.7 Å². The molecule has 1 aromatic carbocycles. The number of halogens is 3. The lowest BCUT2D eigenvalue weighted by Crippen LogP contribution is -2.22. The molecule has 2 aromatic rings. The molecule has 0 spiro atoms. The second kappa shape index (κ2) is 7.32. The minimum Gasteiger partial charge on any atom is -0.367 e. The van der Waals surface area contributed by atoms with E-state index in [4.69, 9.17) is 4.74 Å². The molecule has 0 aliphatic carbocycles. The molecule has 0 amide bonds. The number of hydrogen-bond acceptors (Lipinski definition) is 2.